The molecule has 0 atom stereocenters. The zero-order chi connectivity index (χ0) is 20.4. The van der Waals surface area contributed by atoms with Crippen molar-refractivity contribution in [3.05, 3.63) is 29.8 Å². The van der Waals surface area contributed by atoms with Crippen molar-refractivity contribution in [3.8, 4) is 0 Å². The van der Waals surface area contributed by atoms with Gasteiger partial charge < -0.3 is 10.1 Å². The summed E-state index contributed by atoms with van der Waals surface area (Å²) in [6.45, 7) is 4.08. The summed E-state index contributed by atoms with van der Waals surface area (Å²) >= 11 is 0. The van der Waals surface area contributed by atoms with Crippen LogP contribution in [0.15, 0.2) is 29.2 Å². The highest BCUT2D eigenvalue weighted by Gasteiger charge is 2.23. The lowest BCUT2D eigenvalue weighted by Gasteiger charge is -2.21. The van der Waals surface area contributed by atoms with E-state index in [1.807, 2.05) is 0 Å². The van der Waals surface area contributed by atoms with Gasteiger partial charge in [-0.25, -0.2) is 8.42 Å². The molecule has 0 aliphatic rings. The number of esters is 1. The summed E-state index contributed by atoms with van der Waals surface area (Å²) in [7, 11) is -0.729. The van der Waals surface area contributed by atoms with Crippen LogP contribution in [0.3, 0.4) is 0 Å². The second-order valence-electron chi connectivity index (χ2n) is 6.64. The number of amides is 1. The van der Waals surface area contributed by atoms with Crippen molar-refractivity contribution in [2.45, 2.75) is 56.9 Å². The van der Waals surface area contributed by atoms with Crippen LogP contribution in [0.1, 0.15) is 56.3 Å². The second-order valence-corrected chi connectivity index (χ2v) is 8.64. The molecule has 0 heterocycles. The maximum atomic E-state index is 12.5. The van der Waals surface area contributed by atoms with E-state index in [2.05, 4.69) is 10.1 Å². The van der Waals surface area contributed by atoms with Crippen LogP contribution in [0, 0.1) is 0 Å². The summed E-state index contributed by atoms with van der Waals surface area (Å²) in [5.41, 5.74) is 0.318. The van der Waals surface area contributed by atoms with E-state index in [4.69, 9.17) is 0 Å². The van der Waals surface area contributed by atoms with Crippen LogP contribution in [-0.4, -0.2) is 51.3 Å². The van der Waals surface area contributed by atoms with Crippen LogP contribution >= 0.6 is 0 Å². The Labute approximate surface area is 162 Å². The van der Waals surface area contributed by atoms with Gasteiger partial charge >= 0.3 is 5.97 Å². The highest BCUT2D eigenvalue weighted by Crippen LogP contribution is 2.18. The normalized spacial score (nSPS) is 11.6. The zero-order valence-corrected chi connectivity index (χ0v) is 17.3. The van der Waals surface area contributed by atoms with Crippen molar-refractivity contribution in [2.75, 3.05) is 20.7 Å². The highest BCUT2D eigenvalue weighted by atomic mass is 32.2. The monoisotopic (exact) mass is 398 g/mol. The Kier molecular flexibility index (Phi) is 9.45. The number of rotatable bonds is 11. The van der Waals surface area contributed by atoms with Crippen LogP contribution in [0.5, 0.6) is 0 Å². The number of hydrogen-bond acceptors (Lipinski definition) is 5. The van der Waals surface area contributed by atoms with E-state index in [0.29, 0.717) is 18.5 Å². The average molecular weight is 399 g/mol. The molecule has 0 bridgehead atoms. The van der Waals surface area contributed by atoms with Gasteiger partial charge in [0.1, 0.15) is 0 Å². The molecule has 1 amide bonds. The number of nitrogens with one attached hydrogen (secondary N) is 1. The van der Waals surface area contributed by atoms with Gasteiger partial charge in [0, 0.05) is 31.6 Å². The first-order valence-corrected chi connectivity index (χ1v) is 10.6. The fraction of sp³-hybridized carbons (Fsp3) is 0.579. The molecular weight excluding hydrogens is 368 g/mol. The van der Waals surface area contributed by atoms with Crippen LogP contribution in [0.25, 0.3) is 0 Å². The largest absolute Gasteiger partial charge is 0.469 e. The van der Waals surface area contributed by atoms with Crippen molar-refractivity contribution < 1.29 is 22.7 Å². The average Bonchev–Trinajstić information content (AvgIpc) is 2.66. The number of sulfonamides is 1. The van der Waals surface area contributed by atoms with Crippen LogP contribution in [0.2, 0.25) is 0 Å². The molecule has 1 aromatic carbocycles. The lowest BCUT2D eigenvalue weighted by atomic mass is 10.1. The first-order chi connectivity index (χ1) is 12.7. The summed E-state index contributed by atoms with van der Waals surface area (Å²) in [5, 5.41) is 2.80. The number of methoxy groups -OCH3 is 1. The number of unbranched alkanes of at least 4 members (excludes halogenated alkanes) is 3. The minimum atomic E-state index is -3.62. The lowest BCUT2D eigenvalue weighted by Crippen LogP contribution is -2.33. The van der Waals surface area contributed by atoms with Crippen molar-refractivity contribution in [3.63, 3.8) is 0 Å². The van der Waals surface area contributed by atoms with E-state index in [0.717, 1.165) is 25.7 Å². The molecule has 0 fully saturated rings. The summed E-state index contributed by atoms with van der Waals surface area (Å²) < 4.78 is 30.9. The van der Waals surface area contributed by atoms with Gasteiger partial charge in [-0.2, -0.15) is 4.31 Å². The minimum Gasteiger partial charge on any atom is -0.469 e. The van der Waals surface area contributed by atoms with E-state index in [9.17, 15) is 18.0 Å². The van der Waals surface area contributed by atoms with Gasteiger partial charge in [0.15, 0.2) is 0 Å². The van der Waals surface area contributed by atoms with E-state index in [1.165, 1.54) is 30.6 Å². The molecule has 0 unspecified atom stereocenters. The smallest absolute Gasteiger partial charge is 0.305 e. The van der Waals surface area contributed by atoms with Gasteiger partial charge in [-0.05, 0) is 44.9 Å². The molecule has 0 saturated heterocycles. The molecule has 0 radical (unpaired) electrons. The molecule has 1 rings (SSSR count). The third-order valence-electron chi connectivity index (χ3n) is 4.32. The lowest BCUT2D eigenvalue weighted by molar-refractivity contribution is -0.140. The van der Waals surface area contributed by atoms with Crippen LogP contribution in [-0.2, 0) is 19.6 Å². The van der Waals surface area contributed by atoms with E-state index < -0.39 is 10.0 Å². The Morgan fingerprint density at radius 2 is 1.81 bits per heavy atom. The summed E-state index contributed by atoms with van der Waals surface area (Å²) in [5.74, 6) is -0.505. The van der Waals surface area contributed by atoms with E-state index in [-0.39, 0.29) is 22.8 Å². The molecular formula is C19H30N2O5S. The number of benzene rings is 1. The molecule has 0 aromatic heterocycles. The fourth-order valence-electron chi connectivity index (χ4n) is 2.40. The van der Waals surface area contributed by atoms with E-state index in [1.54, 1.807) is 26.0 Å². The van der Waals surface area contributed by atoms with Gasteiger partial charge in [0.25, 0.3) is 5.91 Å². The Hall–Kier alpha value is -1.93. The van der Waals surface area contributed by atoms with Gasteiger partial charge in [-0.15, -0.1) is 0 Å². The third-order valence-corrected chi connectivity index (χ3v) is 6.35. The Morgan fingerprint density at radius 3 is 2.44 bits per heavy atom. The Bertz CT molecular complexity index is 731. The molecule has 27 heavy (non-hydrogen) atoms. The Morgan fingerprint density at radius 1 is 1.15 bits per heavy atom. The minimum absolute atomic E-state index is 0.106. The van der Waals surface area contributed by atoms with Crippen molar-refractivity contribution in [1.82, 2.24) is 9.62 Å². The number of hydrogen-bond donors (Lipinski definition) is 1. The maximum absolute atomic E-state index is 12.5. The van der Waals surface area contributed by atoms with Gasteiger partial charge in [-0.1, -0.05) is 18.9 Å². The third kappa shape index (κ3) is 7.30. The molecule has 152 valence electrons. The number of ether oxygens (including phenoxy) is 1. The number of nitrogens with zero attached hydrogens (tertiary/aromatic N) is 1. The van der Waals surface area contributed by atoms with Crippen molar-refractivity contribution in [1.29, 1.82) is 0 Å². The maximum Gasteiger partial charge on any atom is 0.305 e. The van der Waals surface area contributed by atoms with Crippen molar-refractivity contribution in [2.24, 2.45) is 0 Å². The van der Waals surface area contributed by atoms with Gasteiger partial charge in [0.2, 0.25) is 10.0 Å². The quantitative estimate of drug-likeness (QED) is 0.457. The molecule has 0 spiro atoms. The van der Waals surface area contributed by atoms with Crippen LogP contribution in [0.4, 0.5) is 0 Å². The predicted molar refractivity (Wildman–Crippen MR) is 104 cm³/mol. The molecule has 7 nitrogen and oxygen atoms in total. The van der Waals surface area contributed by atoms with Crippen LogP contribution < -0.4 is 5.32 Å². The number of carbonyl (C=O) groups is 2. The molecule has 1 N–H and O–H groups in total. The number of carbonyl (C=O) groups excluding carboxylic acids is 2. The summed E-state index contributed by atoms with van der Waals surface area (Å²) in [6.07, 6.45) is 3.75. The van der Waals surface area contributed by atoms with E-state index >= 15 is 0 Å². The molecule has 1 aromatic rings. The molecule has 0 aliphatic heterocycles. The predicted octanol–water partition coefficient (Wildman–Crippen LogP) is 2.57. The fourth-order valence-corrected chi connectivity index (χ4v) is 3.81. The first-order valence-electron chi connectivity index (χ1n) is 9.13. The molecule has 0 saturated carbocycles. The molecule has 0 aliphatic carbocycles. The van der Waals surface area contributed by atoms with Crippen molar-refractivity contribution >= 4 is 21.9 Å². The highest BCUT2D eigenvalue weighted by molar-refractivity contribution is 7.89. The Balaban J connectivity index is 2.52. The SMILES string of the molecule is COC(=O)CCCCCCNC(=O)c1cccc(S(=O)(=O)N(C)C(C)C)c1. The summed E-state index contributed by atoms with van der Waals surface area (Å²) in [4.78, 5) is 23.4. The zero-order valence-electron chi connectivity index (χ0n) is 16.5. The molecule has 8 heteroatoms. The topological polar surface area (TPSA) is 92.8 Å². The summed E-state index contributed by atoms with van der Waals surface area (Å²) in [6, 6.07) is 5.89. The second kappa shape index (κ2) is 11.0. The van der Waals surface area contributed by atoms with Gasteiger partial charge in [-0.3, -0.25) is 9.59 Å². The first kappa shape index (κ1) is 23.1. The van der Waals surface area contributed by atoms with Gasteiger partial charge in [0.05, 0.1) is 12.0 Å². The standard InChI is InChI=1S/C19H30N2O5S/c1-15(2)21(3)27(24,25)17-11-9-10-16(14-17)19(23)20-13-8-6-5-7-12-18(22)26-4/h9-11,14-15H,5-8,12-13H2,1-4H3,(H,20,23).